The van der Waals surface area contributed by atoms with Crippen LogP contribution in [0.15, 0.2) is 0 Å². The Morgan fingerprint density at radius 3 is 2.17 bits per heavy atom. The zero-order chi connectivity index (χ0) is 18.3. The van der Waals surface area contributed by atoms with Gasteiger partial charge in [0.05, 0.1) is 24.9 Å². The number of hydrogen-bond donors (Lipinski definition) is 4. The van der Waals surface area contributed by atoms with E-state index < -0.39 is 30.4 Å². The number of aliphatic carboxylic acids is 1. The minimum absolute atomic E-state index is 0.00926. The first-order valence-corrected chi connectivity index (χ1v) is 7.64. The van der Waals surface area contributed by atoms with E-state index >= 15 is 0 Å². The molecule has 0 heterocycles. The number of carboxylic acid groups (broad SMARTS) is 1. The molecule has 0 aromatic heterocycles. The molecule has 0 aliphatic heterocycles. The molecule has 0 aromatic carbocycles. The molecular formula is C15H31NO7. The molecule has 0 saturated heterocycles. The molecule has 3 atom stereocenters. The lowest BCUT2D eigenvalue weighted by atomic mass is 10.0. The van der Waals surface area contributed by atoms with E-state index in [9.17, 15) is 14.7 Å². The molecule has 23 heavy (non-hydrogen) atoms. The Morgan fingerprint density at radius 1 is 1.22 bits per heavy atom. The molecule has 0 aliphatic rings. The molecule has 0 radical (unpaired) electrons. The summed E-state index contributed by atoms with van der Waals surface area (Å²) in [4.78, 5) is 21.6. The van der Waals surface area contributed by atoms with Crippen molar-refractivity contribution in [3.63, 3.8) is 0 Å². The summed E-state index contributed by atoms with van der Waals surface area (Å²) in [6, 6.07) is -0.457. The van der Waals surface area contributed by atoms with Gasteiger partial charge < -0.3 is 30.1 Å². The van der Waals surface area contributed by atoms with Crippen LogP contribution >= 0.6 is 0 Å². The fourth-order valence-electron chi connectivity index (χ4n) is 1.57. The lowest BCUT2D eigenvalue weighted by Crippen LogP contribution is -2.44. The van der Waals surface area contributed by atoms with Crippen LogP contribution in [0.4, 0.5) is 0 Å². The van der Waals surface area contributed by atoms with Crippen LogP contribution in [0.5, 0.6) is 0 Å². The van der Waals surface area contributed by atoms with Crippen LogP contribution in [0, 0.1) is 0 Å². The molecule has 8 heteroatoms. The number of amides is 1. The minimum atomic E-state index is -1.18. The second-order valence-corrected chi connectivity index (χ2v) is 5.11. The van der Waals surface area contributed by atoms with Crippen LogP contribution in [0.25, 0.3) is 0 Å². The molecule has 138 valence electrons. The highest BCUT2D eigenvalue weighted by atomic mass is 16.5. The van der Waals surface area contributed by atoms with Gasteiger partial charge in [0, 0.05) is 20.8 Å². The highest BCUT2D eigenvalue weighted by Crippen LogP contribution is 2.06. The van der Waals surface area contributed by atoms with Crippen molar-refractivity contribution in [3.05, 3.63) is 0 Å². The normalized spacial score (nSPS) is 14.2. The van der Waals surface area contributed by atoms with Crippen molar-refractivity contribution in [2.75, 3.05) is 27.4 Å². The average molecular weight is 337 g/mol. The number of rotatable bonds is 11. The molecule has 3 unspecified atom stereocenters. The summed E-state index contributed by atoms with van der Waals surface area (Å²) < 4.78 is 9.53. The Morgan fingerprint density at radius 2 is 1.83 bits per heavy atom. The number of ether oxygens (including phenoxy) is 2. The molecule has 0 fully saturated rings. The minimum Gasteiger partial charge on any atom is -0.481 e. The van der Waals surface area contributed by atoms with Crippen molar-refractivity contribution in [2.45, 2.75) is 57.8 Å². The number of aliphatic hydroxyl groups excluding tert-OH is 2. The van der Waals surface area contributed by atoms with Crippen molar-refractivity contribution >= 4 is 11.9 Å². The van der Waals surface area contributed by atoms with Gasteiger partial charge in [-0.15, -0.1) is 0 Å². The number of methoxy groups -OCH3 is 2. The Kier molecular flexibility index (Phi) is 16.4. The zero-order valence-electron chi connectivity index (χ0n) is 14.4. The fourth-order valence-corrected chi connectivity index (χ4v) is 1.57. The van der Waals surface area contributed by atoms with E-state index in [-0.39, 0.29) is 12.7 Å². The molecule has 0 spiro atoms. The number of carbonyl (C=O) groups is 2. The molecule has 4 N–H and O–H groups in total. The monoisotopic (exact) mass is 337 g/mol. The molecule has 0 aromatic rings. The van der Waals surface area contributed by atoms with Crippen molar-refractivity contribution in [2.24, 2.45) is 0 Å². The van der Waals surface area contributed by atoms with E-state index in [1.54, 1.807) is 14.0 Å². The van der Waals surface area contributed by atoms with E-state index in [4.69, 9.17) is 14.9 Å². The van der Waals surface area contributed by atoms with Crippen molar-refractivity contribution in [1.82, 2.24) is 5.32 Å². The lowest BCUT2D eigenvalue weighted by Gasteiger charge is -2.23. The summed E-state index contributed by atoms with van der Waals surface area (Å²) in [6.07, 6.45) is 0.546. The van der Waals surface area contributed by atoms with Gasteiger partial charge >= 0.3 is 5.97 Å². The Balaban J connectivity index is 0. The van der Waals surface area contributed by atoms with E-state index in [0.717, 1.165) is 6.42 Å². The van der Waals surface area contributed by atoms with E-state index in [1.807, 2.05) is 6.92 Å². The molecular weight excluding hydrogens is 306 g/mol. The number of carboxylic acids is 1. The third-order valence-electron chi connectivity index (χ3n) is 3.00. The standard InChI is InChI=1S/C11H21NO5.C4H10O2/c1-3-4-9(13)8(5-6-17-2)12-10(14)7-11(15)16;1-4(3-5)6-2/h8-9,13H,3-7H2,1-2H3,(H,12,14)(H,15,16);4-5H,3H2,1-2H3. The maximum atomic E-state index is 11.3. The molecule has 1 amide bonds. The Bertz CT molecular complexity index is 308. The average Bonchev–Trinajstić information content (AvgIpc) is 2.50. The van der Waals surface area contributed by atoms with Gasteiger partial charge in [-0.2, -0.15) is 0 Å². The predicted octanol–water partition coefficient (Wildman–Crippen LogP) is 0.157. The summed E-state index contributed by atoms with van der Waals surface area (Å²) in [5.74, 6) is -1.77. The van der Waals surface area contributed by atoms with Gasteiger partial charge in [-0.1, -0.05) is 13.3 Å². The molecule has 0 bridgehead atoms. The predicted molar refractivity (Wildman–Crippen MR) is 85.1 cm³/mol. The first-order chi connectivity index (χ1) is 10.8. The van der Waals surface area contributed by atoms with Gasteiger partial charge in [-0.3, -0.25) is 9.59 Å². The van der Waals surface area contributed by atoms with Crippen molar-refractivity contribution in [3.8, 4) is 0 Å². The van der Waals surface area contributed by atoms with Crippen LogP contribution in [0.1, 0.15) is 39.5 Å². The first kappa shape index (κ1) is 24.0. The maximum Gasteiger partial charge on any atom is 0.312 e. The second kappa shape index (κ2) is 15.7. The topological polar surface area (TPSA) is 125 Å². The quantitative estimate of drug-likeness (QED) is 0.396. The van der Waals surface area contributed by atoms with Gasteiger partial charge in [-0.05, 0) is 19.8 Å². The smallest absolute Gasteiger partial charge is 0.312 e. The van der Waals surface area contributed by atoms with Crippen LogP contribution in [-0.4, -0.2) is 72.9 Å². The molecule has 0 rings (SSSR count). The van der Waals surface area contributed by atoms with Crippen LogP contribution in [0.2, 0.25) is 0 Å². The summed E-state index contributed by atoms with van der Waals surface area (Å²) in [5, 5.41) is 29.0. The molecule has 0 aliphatic carbocycles. The van der Waals surface area contributed by atoms with Gasteiger partial charge in [0.2, 0.25) is 5.91 Å². The van der Waals surface area contributed by atoms with Crippen LogP contribution in [-0.2, 0) is 19.1 Å². The summed E-state index contributed by atoms with van der Waals surface area (Å²) in [6.45, 7) is 4.24. The molecule has 8 nitrogen and oxygen atoms in total. The lowest BCUT2D eigenvalue weighted by molar-refractivity contribution is -0.141. The first-order valence-electron chi connectivity index (χ1n) is 7.64. The zero-order valence-corrected chi connectivity index (χ0v) is 14.4. The SMILES string of the molecule is CCCC(O)C(CCOC)NC(=O)CC(=O)O.COC(C)CO. The largest absolute Gasteiger partial charge is 0.481 e. The summed E-state index contributed by atoms with van der Waals surface area (Å²) >= 11 is 0. The number of nitrogens with one attached hydrogen (secondary N) is 1. The van der Waals surface area contributed by atoms with Crippen LogP contribution in [0.3, 0.4) is 0 Å². The third kappa shape index (κ3) is 15.4. The van der Waals surface area contributed by atoms with Crippen LogP contribution < -0.4 is 5.32 Å². The van der Waals surface area contributed by atoms with Gasteiger partial charge in [-0.25, -0.2) is 0 Å². The summed E-state index contributed by atoms with van der Waals surface area (Å²) in [7, 11) is 3.10. The third-order valence-corrected chi connectivity index (χ3v) is 3.00. The van der Waals surface area contributed by atoms with E-state index in [2.05, 4.69) is 10.1 Å². The number of carbonyl (C=O) groups excluding carboxylic acids is 1. The summed E-state index contributed by atoms with van der Waals surface area (Å²) in [5.41, 5.74) is 0. The van der Waals surface area contributed by atoms with Gasteiger partial charge in [0.25, 0.3) is 0 Å². The van der Waals surface area contributed by atoms with E-state index in [0.29, 0.717) is 19.4 Å². The maximum absolute atomic E-state index is 11.3. The van der Waals surface area contributed by atoms with Crippen molar-refractivity contribution in [1.29, 1.82) is 0 Å². The Labute approximate surface area is 137 Å². The number of aliphatic hydroxyl groups is 2. The number of hydrogen-bond acceptors (Lipinski definition) is 6. The highest BCUT2D eigenvalue weighted by molar-refractivity contribution is 5.93. The van der Waals surface area contributed by atoms with E-state index in [1.165, 1.54) is 7.11 Å². The van der Waals surface area contributed by atoms with Gasteiger partial charge in [0.1, 0.15) is 6.42 Å². The Hall–Kier alpha value is -1.22. The fraction of sp³-hybridized carbons (Fsp3) is 0.867. The molecule has 0 saturated carbocycles. The van der Waals surface area contributed by atoms with Crippen molar-refractivity contribution < 1.29 is 34.4 Å². The highest BCUT2D eigenvalue weighted by Gasteiger charge is 2.21. The van der Waals surface area contributed by atoms with Gasteiger partial charge in [0.15, 0.2) is 0 Å². The second-order valence-electron chi connectivity index (χ2n) is 5.11.